The Bertz CT molecular complexity index is 973. The number of halogens is 3. The molecule has 1 aliphatic carbocycles. The number of sulfonamides is 1. The third kappa shape index (κ3) is 5.54. The van der Waals surface area contributed by atoms with Gasteiger partial charge in [-0.15, -0.1) is 13.2 Å². The van der Waals surface area contributed by atoms with Crippen molar-refractivity contribution in [3.63, 3.8) is 0 Å². The Morgan fingerprint density at radius 2 is 1.80 bits per heavy atom. The van der Waals surface area contributed by atoms with Gasteiger partial charge in [-0.1, -0.05) is 12.1 Å². The number of rotatable bonds is 5. The van der Waals surface area contributed by atoms with Crippen LogP contribution in [0.2, 0.25) is 0 Å². The van der Waals surface area contributed by atoms with E-state index >= 15 is 0 Å². The number of aromatic nitrogens is 2. The third-order valence-corrected chi connectivity index (χ3v) is 7.46. The highest BCUT2D eigenvalue weighted by atomic mass is 32.2. The predicted octanol–water partition coefficient (Wildman–Crippen LogP) is 4.72. The van der Waals surface area contributed by atoms with E-state index in [4.69, 9.17) is 0 Å². The fourth-order valence-corrected chi connectivity index (χ4v) is 4.46. The first-order valence-electron chi connectivity index (χ1n) is 9.77. The molecule has 0 bridgehead atoms. The lowest BCUT2D eigenvalue weighted by Gasteiger charge is -2.30. The van der Waals surface area contributed by atoms with Gasteiger partial charge in [0.05, 0.1) is 10.4 Å². The minimum atomic E-state index is -4.75. The summed E-state index contributed by atoms with van der Waals surface area (Å²) in [5.74, 6) is 0.601. The zero-order valence-electron chi connectivity index (χ0n) is 17.1. The van der Waals surface area contributed by atoms with E-state index in [9.17, 15) is 21.6 Å². The number of aromatic amines is 1. The van der Waals surface area contributed by atoms with Gasteiger partial charge in [0.15, 0.2) is 0 Å². The number of nitrogens with zero attached hydrogens (tertiary/aromatic N) is 1. The zero-order valence-corrected chi connectivity index (χ0v) is 17.9. The summed E-state index contributed by atoms with van der Waals surface area (Å²) in [6, 6.07) is 5.59. The van der Waals surface area contributed by atoms with Gasteiger partial charge < -0.3 is 9.72 Å². The number of imidazole rings is 1. The molecular weight excluding hydrogens is 419 g/mol. The Kier molecular flexibility index (Phi) is 6.20. The van der Waals surface area contributed by atoms with E-state index in [-0.39, 0.29) is 17.7 Å². The second-order valence-electron chi connectivity index (χ2n) is 8.53. The highest BCUT2D eigenvalue weighted by molar-refractivity contribution is 7.90. The van der Waals surface area contributed by atoms with Gasteiger partial charge in [0.25, 0.3) is 0 Å². The third-order valence-electron chi connectivity index (χ3n) is 5.20. The maximum atomic E-state index is 12.4. The summed E-state index contributed by atoms with van der Waals surface area (Å²) in [4.78, 5) is 7.67. The smallest absolute Gasteiger partial charge is 0.406 e. The number of ether oxygens (including phenoxy) is 1. The topological polar surface area (TPSA) is 84.1 Å². The summed E-state index contributed by atoms with van der Waals surface area (Å²) >= 11 is 0. The van der Waals surface area contributed by atoms with Crippen molar-refractivity contribution in [3.8, 4) is 17.0 Å². The van der Waals surface area contributed by atoms with Gasteiger partial charge in [-0.3, -0.25) is 0 Å². The number of hydrogen-bond donors (Lipinski definition) is 2. The molecule has 1 aromatic carbocycles. The largest absolute Gasteiger partial charge is 0.573 e. The van der Waals surface area contributed by atoms with Crippen LogP contribution < -0.4 is 9.46 Å². The maximum absolute atomic E-state index is 12.4. The zero-order chi connectivity index (χ0) is 22.2. The van der Waals surface area contributed by atoms with Crippen LogP contribution >= 0.6 is 0 Å². The number of hydrogen-bond acceptors (Lipinski definition) is 4. The van der Waals surface area contributed by atoms with E-state index in [1.54, 1.807) is 33.0 Å². The summed E-state index contributed by atoms with van der Waals surface area (Å²) in [6.07, 6.45) is -0.155. The molecule has 1 aromatic heterocycles. The fraction of sp³-hybridized carbons (Fsp3) is 0.550. The lowest BCUT2D eigenvalue weighted by Crippen LogP contribution is -2.45. The van der Waals surface area contributed by atoms with Gasteiger partial charge in [-0.25, -0.2) is 18.1 Å². The van der Waals surface area contributed by atoms with Gasteiger partial charge in [-0.05, 0) is 58.6 Å². The van der Waals surface area contributed by atoms with Crippen LogP contribution in [0.3, 0.4) is 0 Å². The molecule has 0 unspecified atom stereocenters. The van der Waals surface area contributed by atoms with Crippen molar-refractivity contribution in [1.29, 1.82) is 0 Å². The molecule has 0 saturated heterocycles. The molecule has 1 fully saturated rings. The first-order chi connectivity index (χ1) is 13.8. The number of H-pyrrole nitrogens is 1. The molecule has 0 radical (unpaired) electrons. The first-order valence-corrected chi connectivity index (χ1v) is 11.3. The normalized spacial score (nSPS) is 20.9. The molecule has 30 heavy (non-hydrogen) atoms. The molecule has 0 amide bonds. The van der Waals surface area contributed by atoms with Crippen LogP contribution in [0.1, 0.15) is 58.2 Å². The molecule has 1 saturated carbocycles. The molecule has 2 N–H and O–H groups in total. The van der Waals surface area contributed by atoms with Gasteiger partial charge in [0.1, 0.15) is 11.6 Å². The van der Waals surface area contributed by atoms with Gasteiger partial charge in [-0.2, -0.15) is 0 Å². The first kappa shape index (κ1) is 22.6. The molecule has 0 atom stereocenters. The highest BCUT2D eigenvalue weighted by Crippen LogP contribution is 2.34. The van der Waals surface area contributed by atoms with E-state index in [0.717, 1.165) is 18.7 Å². The summed E-state index contributed by atoms with van der Waals surface area (Å²) < 4.78 is 67.9. The van der Waals surface area contributed by atoms with Crippen molar-refractivity contribution in [3.05, 3.63) is 36.3 Å². The molecule has 0 aliphatic heterocycles. The molecule has 0 spiro atoms. The van der Waals surface area contributed by atoms with Gasteiger partial charge in [0.2, 0.25) is 10.0 Å². The molecule has 3 rings (SSSR count). The van der Waals surface area contributed by atoms with Crippen LogP contribution in [-0.4, -0.2) is 35.5 Å². The maximum Gasteiger partial charge on any atom is 0.573 e. The minimum Gasteiger partial charge on any atom is -0.406 e. The van der Waals surface area contributed by atoms with Crippen molar-refractivity contribution in [1.82, 2.24) is 14.7 Å². The quantitative estimate of drug-likeness (QED) is 0.698. The molecule has 10 heteroatoms. The number of benzene rings is 1. The second kappa shape index (κ2) is 8.22. The average Bonchev–Trinajstić information content (AvgIpc) is 3.10. The predicted molar refractivity (Wildman–Crippen MR) is 108 cm³/mol. The number of alkyl halides is 3. The van der Waals surface area contributed by atoms with E-state index < -0.39 is 21.1 Å². The SMILES string of the molecule is CC(C)(C)S(=O)(=O)N[C@H]1CC[C@H](c2nc(-c3cccc(OC(F)(F)F)c3)c[nH]2)CC1. The van der Waals surface area contributed by atoms with Crippen LogP contribution in [0.25, 0.3) is 11.3 Å². The Morgan fingerprint density at radius 3 is 2.40 bits per heavy atom. The minimum absolute atomic E-state index is 0.101. The molecule has 1 aliphatic rings. The Hall–Kier alpha value is -2.07. The van der Waals surface area contributed by atoms with Crippen molar-refractivity contribution in [2.24, 2.45) is 0 Å². The Balaban J connectivity index is 1.64. The van der Waals surface area contributed by atoms with Crippen molar-refractivity contribution >= 4 is 10.0 Å². The van der Waals surface area contributed by atoms with Crippen LogP contribution in [-0.2, 0) is 10.0 Å². The Labute approximate surface area is 174 Å². The van der Waals surface area contributed by atoms with E-state index in [1.165, 1.54) is 18.2 Å². The summed E-state index contributed by atoms with van der Waals surface area (Å²) in [6.45, 7) is 5.00. The summed E-state index contributed by atoms with van der Waals surface area (Å²) in [5, 5.41) is 0. The van der Waals surface area contributed by atoms with Crippen LogP contribution in [0.4, 0.5) is 13.2 Å². The average molecular weight is 446 g/mol. The van der Waals surface area contributed by atoms with Crippen molar-refractivity contribution < 1.29 is 26.3 Å². The number of nitrogens with one attached hydrogen (secondary N) is 2. The molecule has 166 valence electrons. The van der Waals surface area contributed by atoms with Crippen LogP contribution in [0, 0.1) is 0 Å². The fourth-order valence-electron chi connectivity index (χ4n) is 3.43. The van der Waals surface area contributed by atoms with E-state index in [0.29, 0.717) is 24.1 Å². The second-order valence-corrected chi connectivity index (χ2v) is 11.0. The van der Waals surface area contributed by atoms with Crippen LogP contribution in [0.5, 0.6) is 5.75 Å². The molecule has 2 aromatic rings. The molecular formula is C20H26F3N3O3S. The molecule has 1 heterocycles. The van der Waals surface area contributed by atoms with Crippen LogP contribution in [0.15, 0.2) is 30.5 Å². The van der Waals surface area contributed by atoms with E-state index in [1.807, 2.05) is 0 Å². The monoisotopic (exact) mass is 445 g/mol. The lowest BCUT2D eigenvalue weighted by atomic mass is 9.86. The standard InChI is InChI=1S/C20H26F3N3O3S/c1-19(2,3)30(27,28)26-15-9-7-13(8-10-15)18-24-12-17(25-18)14-5-4-6-16(11-14)29-20(21,22)23/h4-6,11-13,15,26H,7-10H2,1-3H3,(H,24,25)/t13-,15-. The van der Waals surface area contributed by atoms with Crippen molar-refractivity contribution in [2.75, 3.05) is 0 Å². The molecule has 6 nitrogen and oxygen atoms in total. The van der Waals surface area contributed by atoms with E-state index in [2.05, 4.69) is 19.4 Å². The highest BCUT2D eigenvalue weighted by Gasteiger charge is 2.34. The Morgan fingerprint density at radius 1 is 1.13 bits per heavy atom. The van der Waals surface area contributed by atoms with Gasteiger partial charge in [0, 0.05) is 23.7 Å². The van der Waals surface area contributed by atoms with Gasteiger partial charge >= 0.3 is 6.36 Å². The lowest BCUT2D eigenvalue weighted by molar-refractivity contribution is -0.274. The summed E-state index contributed by atoms with van der Waals surface area (Å²) in [7, 11) is -3.39. The summed E-state index contributed by atoms with van der Waals surface area (Å²) in [5.41, 5.74) is 1.05. The van der Waals surface area contributed by atoms with Crippen molar-refractivity contribution in [2.45, 2.75) is 69.5 Å².